The maximum absolute atomic E-state index is 11.3. The van der Waals surface area contributed by atoms with Gasteiger partial charge in [-0.15, -0.1) is 12.3 Å². The van der Waals surface area contributed by atoms with Crippen LogP contribution in [0.2, 0.25) is 0 Å². The molecule has 0 aromatic rings. The fourth-order valence-electron chi connectivity index (χ4n) is 3.19. The number of rotatable bonds is 2. The molecule has 3 atom stereocenters. The number of terminal acetylenes is 1. The minimum absolute atomic E-state index is 0.0291. The molecule has 0 aromatic heterocycles. The second kappa shape index (κ2) is 3.31. The topological polar surface area (TPSA) is 26.3 Å². The van der Waals surface area contributed by atoms with Crippen molar-refractivity contribution in [3.63, 3.8) is 0 Å². The highest BCUT2D eigenvalue weighted by Gasteiger charge is 2.56. The monoisotopic (exact) mass is 192 g/mol. The summed E-state index contributed by atoms with van der Waals surface area (Å²) in [5.41, 5.74) is -0.205. The van der Waals surface area contributed by atoms with Crippen molar-refractivity contribution in [3.05, 3.63) is 0 Å². The van der Waals surface area contributed by atoms with Gasteiger partial charge in [0.15, 0.2) is 0 Å². The van der Waals surface area contributed by atoms with Crippen molar-refractivity contribution < 1.29 is 9.53 Å². The Morgan fingerprint density at radius 2 is 2.43 bits per heavy atom. The first-order chi connectivity index (χ1) is 6.73. The number of hydrogen-bond acceptors (Lipinski definition) is 2. The van der Waals surface area contributed by atoms with E-state index >= 15 is 0 Å². The largest absolute Gasteiger partial charge is 0.458 e. The number of carbonyl (C=O) groups is 1. The zero-order valence-electron chi connectivity index (χ0n) is 8.58. The van der Waals surface area contributed by atoms with Crippen LogP contribution >= 0.6 is 0 Å². The third kappa shape index (κ3) is 1.15. The SMILES string of the molecule is C#CC[C@H]1CC[C@H]2CC(=O)O[C@@]12CC. The molecule has 0 N–H and O–H groups in total. The standard InChI is InChI=1S/C12H16O2/c1-3-5-9-6-7-10-8-11(13)14-12(9,10)4-2/h1,9-10H,4-8H2,2H3/t9-,10-,12-/m0/s1. The van der Waals surface area contributed by atoms with Crippen LogP contribution in [-0.2, 0) is 9.53 Å². The summed E-state index contributed by atoms with van der Waals surface area (Å²) in [4.78, 5) is 11.3. The molecule has 0 bridgehead atoms. The first kappa shape index (κ1) is 9.58. The van der Waals surface area contributed by atoms with Crippen LogP contribution in [0.15, 0.2) is 0 Å². The molecule has 2 aliphatic rings. The number of ether oxygens (including phenoxy) is 1. The van der Waals surface area contributed by atoms with E-state index in [1.54, 1.807) is 0 Å². The molecule has 2 fully saturated rings. The van der Waals surface area contributed by atoms with Gasteiger partial charge in [-0.1, -0.05) is 6.92 Å². The first-order valence-electron chi connectivity index (χ1n) is 5.38. The summed E-state index contributed by atoms with van der Waals surface area (Å²) in [5.74, 6) is 3.50. The van der Waals surface area contributed by atoms with Gasteiger partial charge in [-0.2, -0.15) is 0 Å². The van der Waals surface area contributed by atoms with E-state index in [1.165, 1.54) is 0 Å². The number of fused-ring (bicyclic) bond motifs is 1. The van der Waals surface area contributed by atoms with Crippen LogP contribution in [0, 0.1) is 24.2 Å². The molecule has 0 aromatic carbocycles. The van der Waals surface area contributed by atoms with E-state index in [9.17, 15) is 4.79 Å². The summed E-state index contributed by atoms with van der Waals surface area (Å²) in [6.45, 7) is 2.10. The summed E-state index contributed by atoms with van der Waals surface area (Å²) in [6, 6.07) is 0. The van der Waals surface area contributed by atoms with Gasteiger partial charge in [0, 0.05) is 18.3 Å². The lowest BCUT2D eigenvalue weighted by Gasteiger charge is -2.32. The van der Waals surface area contributed by atoms with Gasteiger partial charge in [0.05, 0.1) is 6.42 Å². The lowest BCUT2D eigenvalue weighted by Crippen LogP contribution is -2.37. The quantitative estimate of drug-likeness (QED) is 0.495. The van der Waals surface area contributed by atoms with E-state index in [4.69, 9.17) is 11.2 Å². The van der Waals surface area contributed by atoms with Gasteiger partial charge >= 0.3 is 5.97 Å². The molecule has 2 rings (SSSR count). The van der Waals surface area contributed by atoms with Crippen molar-refractivity contribution in [3.8, 4) is 12.3 Å². The second-order valence-corrected chi connectivity index (χ2v) is 4.37. The summed E-state index contributed by atoms with van der Waals surface area (Å²) in [6.07, 6.45) is 9.84. The fraction of sp³-hybridized carbons (Fsp3) is 0.750. The lowest BCUT2D eigenvalue weighted by atomic mass is 9.81. The normalized spacial score (nSPS) is 40.4. The van der Waals surface area contributed by atoms with Gasteiger partial charge in [-0.25, -0.2) is 0 Å². The van der Waals surface area contributed by atoms with E-state index < -0.39 is 0 Å². The second-order valence-electron chi connectivity index (χ2n) is 4.37. The Hall–Kier alpha value is -0.970. The van der Waals surface area contributed by atoms with Crippen LogP contribution in [0.1, 0.15) is 39.0 Å². The van der Waals surface area contributed by atoms with E-state index in [0.29, 0.717) is 18.3 Å². The maximum atomic E-state index is 11.3. The summed E-state index contributed by atoms with van der Waals surface area (Å²) < 4.78 is 5.55. The van der Waals surface area contributed by atoms with Crippen molar-refractivity contribution in [1.29, 1.82) is 0 Å². The molecule has 1 saturated carbocycles. The maximum Gasteiger partial charge on any atom is 0.306 e. The van der Waals surface area contributed by atoms with Crippen LogP contribution < -0.4 is 0 Å². The molecule has 1 heterocycles. The van der Waals surface area contributed by atoms with Crippen molar-refractivity contribution >= 4 is 5.97 Å². The molecule has 14 heavy (non-hydrogen) atoms. The predicted octanol–water partition coefficient (Wildman–Crippen LogP) is 2.13. The molecular weight excluding hydrogens is 176 g/mol. The van der Waals surface area contributed by atoms with Crippen molar-refractivity contribution in [2.45, 2.75) is 44.6 Å². The number of esters is 1. The van der Waals surface area contributed by atoms with Gasteiger partial charge in [-0.3, -0.25) is 4.79 Å². The molecule has 1 aliphatic heterocycles. The first-order valence-corrected chi connectivity index (χ1v) is 5.38. The highest BCUT2D eigenvalue weighted by molar-refractivity contribution is 5.73. The molecule has 0 unspecified atom stereocenters. The fourth-order valence-corrected chi connectivity index (χ4v) is 3.19. The highest BCUT2D eigenvalue weighted by Crippen LogP contribution is 2.52. The van der Waals surface area contributed by atoms with Crippen molar-refractivity contribution in [2.75, 3.05) is 0 Å². The summed E-state index contributed by atoms with van der Waals surface area (Å²) >= 11 is 0. The van der Waals surface area contributed by atoms with E-state index in [2.05, 4.69) is 12.8 Å². The average Bonchev–Trinajstić information content (AvgIpc) is 2.63. The molecular formula is C12H16O2. The third-order valence-electron chi connectivity index (χ3n) is 3.88. The smallest absolute Gasteiger partial charge is 0.306 e. The molecule has 1 saturated heterocycles. The zero-order chi connectivity index (χ0) is 10.2. The van der Waals surface area contributed by atoms with Gasteiger partial charge in [0.2, 0.25) is 0 Å². The van der Waals surface area contributed by atoms with Gasteiger partial charge in [0.25, 0.3) is 0 Å². The molecule has 76 valence electrons. The van der Waals surface area contributed by atoms with Crippen molar-refractivity contribution in [2.24, 2.45) is 11.8 Å². The van der Waals surface area contributed by atoms with E-state index in [-0.39, 0.29) is 11.6 Å². The average molecular weight is 192 g/mol. The Labute approximate surface area is 85.0 Å². The van der Waals surface area contributed by atoms with Gasteiger partial charge in [0.1, 0.15) is 5.60 Å². The third-order valence-corrected chi connectivity index (χ3v) is 3.88. The number of carbonyl (C=O) groups excluding carboxylic acids is 1. The predicted molar refractivity (Wildman–Crippen MR) is 53.4 cm³/mol. The summed E-state index contributed by atoms with van der Waals surface area (Å²) in [7, 11) is 0. The van der Waals surface area contributed by atoms with Crippen molar-refractivity contribution in [1.82, 2.24) is 0 Å². The molecule has 2 heteroatoms. The lowest BCUT2D eigenvalue weighted by molar-refractivity contribution is -0.153. The van der Waals surface area contributed by atoms with Gasteiger partial charge < -0.3 is 4.74 Å². The van der Waals surface area contributed by atoms with Crippen LogP contribution in [0.4, 0.5) is 0 Å². The minimum atomic E-state index is -0.205. The molecule has 0 radical (unpaired) electrons. The van der Waals surface area contributed by atoms with Crippen LogP contribution in [-0.4, -0.2) is 11.6 Å². The summed E-state index contributed by atoms with van der Waals surface area (Å²) in [5, 5.41) is 0. The molecule has 0 amide bonds. The van der Waals surface area contributed by atoms with Crippen LogP contribution in [0.25, 0.3) is 0 Å². The Balaban J connectivity index is 2.23. The van der Waals surface area contributed by atoms with Crippen LogP contribution in [0.5, 0.6) is 0 Å². The minimum Gasteiger partial charge on any atom is -0.458 e. The molecule has 0 spiro atoms. The Morgan fingerprint density at radius 1 is 1.64 bits per heavy atom. The van der Waals surface area contributed by atoms with Gasteiger partial charge in [-0.05, 0) is 19.3 Å². The Bertz CT molecular complexity index is 289. The Kier molecular flexibility index (Phi) is 2.26. The highest BCUT2D eigenvalue weighted by atomic mass is 16.6. The Morgan fingerprint density at radius 3 is 3.07 bits per heavy atom. The zero-order valence-corrected chi connectivity index (χ0v) is 8.58. The van der Waals surface area contributed by atoms with E-state index in [1.807, 2.05) is 0 Å². The molecule has 2 nitrogen and oxygen atoms in total. The number of hydrogen-bond donors (Lipinski definition) is 0. The van der Waals surface area contributed by atoms with Crippen LogP contribution in [0.3, 0.4) is 0 Å². The van der Waals surface area contributed by atoms with E-state index in [0.717, 1.165) is 25.7 Å². The molecule has 1 aliphatic carbocycles.